The van der Waals surface area contributed by atoms with Crippen molar-refractivity contribution in [2.75, 3.05) is 6.61 Å². The van der Waals surface area contributed by atoms with Crippen molar-refractivity contribution < 1.29 is 19.4 Å². The van der Waals surface area contributed by atoms with Gasteiger partial charge in [-0.25, -0.2) is 9.59 Å². The van der Waals surface area contributed by atoms with Crippen LogP contribution in [0.5, 0.6) is 0 Å². The highest BCUT2D eigenvalue weighted by atomic mass is 16.5. The Bertz CT molecular complexity index is 721. The fourth-order valence-corrected chi connectivity index (χ4v) is 2.75. The molecule has 0 radical (unpaired) electrons. The molecule has 0 unspecified atom stereocenters. The first-order valence-electron chi connectivity index (χ1n) is 8.74. The molecule has 4 nitrogen and oxygen atoms in total. The van der Waals surface area contributed by atoms with Gasteiger partial charge < -0.3 is 9.84 Å². The molecule has 2 aromatic rings. The van der Waals surface area contributed by atoms with Gasteiger partial charge in [0, 0.05) is 0 Å². The summed E-state index contributed by atoms with van der Waals surface area (Å²) in [5.74, 6) is -1.43. The van der Waals surface area contributed by atoms with Crippen LogP contribution < -0.4 is 0 Å². The molecular weight excluding hydrogens is 316 g/mol. The highest BCUT2D eigenvalue weighted by Gasteiger charge is 2.18. The van der Waals surface area contributed by atoms with Gasteiger partial charge in [0.1, 0.15) is 0 Å². The molecule has 0 aromatic heterocycles. The summed E-state index contributed by atoms with van der Waals surface area (Å²) in [5.41, 5.74) is 1.66. The summed E-state index contributed by atoms with van der Waals surface area (Å²) >= 11 is 0. The molecule has 25 heavy (non-hydrogen) atoms. The number of aromatic carboxylic acids is 1. The molecule has 0 atom stereocenters. The van der Waals surface area contributed by atoms with E-state index in [1.165, 1.54) is 18.9 Å². The third-order valence-corrected chi connectivity index (χ3v) is 4.08. The van der Waals surface area contributed by atoms with Crippen molar-refractivity contribution in [1.82, 2.24) is 0 Å². The van der Waals surface area contributed by atoms with Gasteiger partial charge in [0.25, 0.3) is 0 Å². The number of hydrogen-bond acceptors (Lipinski definition) is 3. The predicted molar refractivity (Wildman–Crippen MR) is 97.9 cm³/mol. The minimum absolute atomic E-state index is 0.169. The van der Waals surface area contributed by atoms with Crippen molar-refractivity contribution in [3.05, 3.63) is 59.7 Å². The van der Waals surface area contributed by atoms with Crippen molar-refractivity contribution in [2.24, 2.45) is 0 Å². The van der Waals surface area contributed by atoms with E-state index in [4.69, 9.17) is 4.74 Å². The topological polar surface area (TPSA) is 63.6 Å². The van der Waals surface area contributed by atoms with Crippen LogP contribution in [-0.2, 0) is 4.74 Å². The van der Waals surface area contributed by atoms with E-state index in [0.29, 0.717) is 23.3 Å². The van der Waals surface area contributed by atoms with Gasteiger partial charge in [0.15, 0.2) is 0 Å². The van der Waals surface area contributed by atoms with E-state index in [2.05, 4.69) is 6.92 Å². The van der Waals surface area contributed by atoms with Gasteiger partial charge in [-0.05, 0) is 29.7 Å². The molecule has 132 valence electrons. The first kappa shape index (κ1) is 18.7. The van der Waals surface area contributed by atoms with Gasteiger partial charge in [0.2, 0.25) is 0 Å². The molecule has 1 N–H and O–H groups in total. The molecule has 0 heterocycles. The molecule has 0 fully saturated rings. The Morgan fingerprint density at radius 1 is 0.840 bits per heavy atom. The van der Waals surface area contributed by atoms with Crippen molar-refractivity contribution >= 4 is 11.9 Å². The predicted octanol–water partition coefficient (Wildman–Crippen LogP) is 5.18. The van der Waals surface area contributed by atoms with Gasteiger partial charge in [-0.3, -0.25) is 0 Å². The second kappa shape index (κ2) is 9.62. The Balaban J connectivity index is 2.13. The Labute approximate surface area is 148 Å². The van der Waals surface area contributed by atoms with Crippen LogP contribution in [0.25, 0.3) is 11.1 Å². The zero-order valence-electron chi connectivity index (χ0n) is 14.5. The zero-order valence-corrected chi connectivity index (χ0v) is 14.5. The van der Waals surface area contributed by atoms with Crippen LogP contribution in [0, 0.1) is 0 Å². The second-order valence-corrected chi connectivity index (χ2v) is 5.95. The quantitative estimate of drug-likeness (QED) is 0.505. The van der Waals surface area contributed by atoms with Crippen LogP contribution in [-0.4, -0.2) is 23.7 Å². The van der Waals surface area contributed by atoms with Crippen LogP contribution in [0.15, 0.2) is 48.5 Å². The highest BCUT2D eigenvalue weighted by molar-refractivity contribution is 6.02. The molecule has 0 aliphatic carbocycles. The molecule has 4 heteroatoms. The van der Waals surface area contributed by atoms with E-state index in [-0.39, 0.29) is 5.56 Å². The molecule has 0 saturated carbocycles. The lowest BCUT2D eigenvalue weighted by Crippen LogP contribution is -2.09. The van der Waals surface area contributed by atoms with Gasteiger partial charge in [-0.2, -0.15) is 0 Å². The maximum absolute atomic E-state index is 12.4. The molecular formula is C21H24O4. The van der Waals surface area contributed by atoms with Crippen LogP contribution >= 0.6 is 0 Å². The maximum Gasteiger partial charge on any atom is 0.338 e. The molecule has 0 aliphatic rings. The number of carboxylic acids is 1. The first-order chi connectivity index (χ1) is 12.1. The molecule has 0 saturated heterocycles. The minimum Gasteiger partial charge on any atom is -0.478 e. The number of carbonyl (C=O) groups is 2. The lowest BCUT2D eigenvalue weighted by atomic mass is 9.95. The van der Waals surface area contributed by atoms with Crippen LogP contribution in [0.3, 0.4) is 0 Å². The van der Waals surface area contributed by atoms with Crippen molar-refractivity contribution in [1.29, 1.82) is 0 Å². The summed E-state index contributed by atoms with van der Waals surface area (Å²) < 4.78 is 5.38. The molecule has 2 aromatic carbocycles. The maximum atomic E-state index is 12.4. The standard InChI is InChI=1S/C21H24O4/c1-2-3-4-5-10-15-25-21(24)19-14-9-7-12-17(19)16-11-6-8-13-18(16)20(22)23/h6-9,11-14H,2-5,10,15H2,1H3,(H,22,23). The van der Waals surface area contributed by atoms with Crippen molar-refractivity contribution in [3.63, 3.8) is 0 Å². The molecule has 0 amide bonds. The van der Waals surface area contributed by atoms with Crippen LogP contribution in [0.2, 0.25) is 0 Å². The van der Waals surface area contributed by atoms with E-state index in [9.17, 15) is 14.7 Å². The molecule has 0 bridgehead atoms. The van der Waals surface area contributed by atoms with Crippen molar-refractivity contribution in [2.45, 2.75) is 39.0 Å². The lowest BCUT2D eigenvalue weighted by molar-refractivity contribution is 0.0498. The summed E-state index contributed by atoms with van der Waals surface area (Å²) in [7, 11) is 0. The number of hydrogen-bond donors (Lipinski definition) is 1. The van der Waals surface area contributed by atoms with Crippen molar-refractivity contribution in [3.8, 4) is 11.1 Å². The number of ether oxygens (including phenoxy) is 1. The highest BCUT2D eigenvalue weighted by Crippen LogP contribution is 2.27. The summed E-state index contributed by atoms with van der Waals surface area (Å²) in [6.07, 6.45) is 5.42. The lowest BCUT2D eigenvalue weighted by Gasteiger charge is -2.12. The van der Waals surface area contributed by atoms with E-state index < -0.39 is 11.9 Å². The molecule has 2 rings (SSSR count). The Kier molecular flexibility index (Phi) is 7.20. The molecule has 0 aliphatic heterocycles. The van der Waals surface area contributed by atoms with E-state index in [1.54, 1.807) is 42.5 Å². The summed E-state index contributed by atoms with van der Waals surface area (Å²) in [6.45, 7) is 2.55. The van der Waals surface area contributed by atoms with E-state index >= 15 is 0 Å². The monoisotopic (exact) mass is 340 g/mol. The minimum atomic E-state index is -1.02. The average Bonchev–Trinajstić information content (AvgIpc) is 2.64. The number of carboxylic acid groups (broad SMARTS) is 1. The summed E-state index contributed by atoms with van der Waals surface area (Å²) in [6, 6.07) is 13.6. The number of unbranched alkanes of at least 4 members (excludes halogenated alkanes) is 4. The van der Waals surface area contributed by atoms with Gasteiger partial charge in [-0.1, -0.05) is 69.0 Å². The van der Waals surface area contributed by atoms with Crippen LogP contribution in [0.1, 0.15) is 59.7 Å². The fraction of sp³-hybridized carbons (Fsp3) is 0.333. The van der Waals surface area contributed by atoms with Gasteiger partial charge >= 0.3 is 11.9 Å². The SMILES string of the molecule is CCCCCCCOC(=O)c1ccccc1-c1ccccc1C(=O)O. The smallest absolute Gasteiger partial charge is 0.338 e. The number of rotatable bonds is 9. The van der Waals surface area contributed by atoms with Gasteiger partial charge in [-0.15, -0.1) is 0 Å². The summed E-state index contributed by atoms with van der Waals surface area (Å²) in [5, 5.41) is 9.38. The number of esters is 1. The number of carbonyl (C=O) groups excluding carboxylic acids is 1. The van der Waals surface area contributed by atoms with E-state index in [1.807, 2.05) is 0 Å². The zero-order chi connectivity index (χ0) is 18.1. The number of benzene rings is 2. The Morgan fingerprint density at radius 3 is 2.04 bits per heavy atom. The summed E-state index contributed by atoms with van der Waals surface area (Å²) in [4.78, 5) is 23.9. The third-order valence-electron chi connectivity index (χ3n) is 4.08. The largest absolute Gasteiger partial charge is 0.478 e. The fourth-order valence-electron chi connectivity index (χ4n) is 2.75. The Hall–Kier alpha value is -2.62. The van der Waals surface area contributed by atoms with E-state index in [0.717, 1.165) is 19.3 Å². The third kappa shape index (κ3) is 5.18. The van der Waals surface area contributed by atoms with Gasteiger partial charge in [0.05, 0.1) is 17.7 Å². The Morgan fingerprint density at radius 2 is 1.40 bits per heavy atom. The average molecular weight is 340 g/mol. The normalized spacial score (nSPS) is 10.4. The van der Waals surface area contributed by atoms with Crippen LogP contribution in [0.4, 0.5) is 0 Å². The molecule has 0 spiro atoms. The first-order valence-corrected chi connectivity index (χ1v) is 8.74. The second-order valence-electron chi connectivity index (χ2n) is 5.95.